The topological polar surface area (TPSA) is 84.9 Å². The highest BCUT2D eigenvalue weighted by Gasteiger charge is 2.20. The number of aliphatic hydroxyl groups is 2. The average molecular weight is 207 g/mol. The van der Waals surface area contributed by atoms with Crippen molar-refractivity contribution >= 4 is 0 Å². The van der Waals surface area contributed by atoms with E-state index in [4.69, 9.17) is 25.4 Å². The van der Waals surface area contributed by atoms with Crippen LogP contribution in [0.1, 0.15) is 13.8 Å². The van der Waals surface area contributed by atoms with Crippen LogP contribution in [0.5, 0.6) is 0 Å². The monoisotopic (exact) mass is 207 g/mol. The van der Waals surface area contributed by atoms with Crippen LogP contribution in [0.2, 0.25) is 0 Å². The molecule has 0 amide bonds. The summed E-state index contributed by atoms with van der Waals surface area (Å²) in [6.07, 6.45) is -0.341. The molecular formula is C9H21NO4. The van der Waals surface area contributed by atoms with E-state index in [1.165, 1.54) is 0 Å². The van der Waals surface area contributed by atoms with E-state index < -0.39 is 0 Å². The molecule has 0 aliphatic carbocycles. The van der Waals surface area contributed by atoms with Crippen molar-refractivity contribution in [2.24, 2.45) is 5.73 Å². The van der Waals surface area contributed by atoms with Crippen molar-refractivity contribution in [2.45, 2.75) is 32.1 Å². The zero-order valence-electron chi connectivity index (χ0n) is 8.85. The first-order valence-corrected chi connectivity index (χ1v) is 4.84. The van der Waals surface area contributed by atoms with E-state index in [1.807, 2.05) is 13.8 Å². The molecule has 86 valence electrons. The van der Waals surface area contributed by atoms with Gasteiger partial charge in [0.25, 0.3) is 0 Å². The predicted octanol–water partition coefficient (Wildman–Crippen LogP) is -0.891. The summed E-state index contributed by atoms with van der Waals surface area (Å²) < 4.78 is 10.5. The van der Waals surface area contributed by atoms with E-state index in [-0.39, 0.29) is 44.7 Å². The van der Waals surface area contributed by atoms with Crippen molar-refractivity contribution in [1.29, 1.82) is 0 Å². The van der Waals surface area contributed by atoms with Gasteiger partial charge in [-0.1, -0.05) is 0 Å². The van der Waals surface area contributed by atoms with Gasteiger partial charge in [0.1, 0.15) is 0 Å². The molecule has 0 fully saturated rings. The van der Waals surface area contributed by atoms with E-state index in [1.54, 1.807) is 0 Å². The first-order chi connectivity index (χ1) is 6.63. The molecular weight excluding hydrogens is 186 g/mol. The smallest absolute Gasteiger partial charge is 0.0724 e. The van der Waals surface area contributed by atoms with Crippen LogP contribution in [-0.4, -0.2) is 54.9 Å². The fourth-order valence-electron chi connectivity index (χ4n) is 1.08. The third-order valence-electron chi connectivity index (χ3n) is 2.03. The van der Waals surface area contributed by atoms with Crippen LogP contribution in [0.4, 0.5) is 0 Å². The Morgan fingerprint density at radius 2 is 1.36 bits per heavy atom. The summed E-state index contributed by atoms with van der Waals surface area (Å²) in [5, 5.41) is 17.1. The molecule has 0 aliphatic rings. The second kappa shape index (κ2) is 8.14. The Morgan fingerprint density at radius 1 is 1.00 bits per heavy atom. The van der Waals surface area contributed by atoms with Gasteiger partial charge < -0.3 is 25.4 Å². The first kappa shape index (κ1) is 13.8. The van der Waals surface area contributed by atoms with Gasteiger partial charge in [-0.05, 0) is 13.8 Å². The van der Waals surface area contributed by atoms with Gasteiger partial charge in [-0.25, -0.2) is 0 Å². The number of nitrogens with two attached hydrogens (primary N) is 1. The standard InChI is InChI=1S/C9H21NO4/c1-7(13-5-3-11)9(10)8(2)14-6-4-12/h7-9,11-12H,3-6,10H2,1-2H3. The van der Waals surface area contributed by atoms with E-state index in [0.717, 1.165) is 0 Å². The van der Waals surface area contributed by atoms with Crippen LogP contribution in [0.25, 0.3) is 0 Å². The van der Waals surface area contributed by atoms with Crippen LogP contribution in [-0.2, 0) is 9.47 Å². The van der Waals surface area contributed by atoms with Gasteiger partial charge in [0.15, 0.2) is 0 Å². The average Bonchev–Trinajstić information content (AvgIpc) is 2.21. The van der Waals surface area contributed by atoms with Crippen LogP contribution in [0.3, 0.4) is 0 Å². The quantitative estimate of drug-likeness (QED) is 0.481. The van der Waals surface area contributed by atoms with E-state index in [0.29, 0.717) is 0 Å². The normalized spacial score (nSPS) is 17.8. The number of hydrogen-bond acceptors (Lipinski definition) is 5. The lowest BCUT2D eigenvalue weighted by Crippen LogP contribution is -2.45. The highest BCUT2D eigenvalue weighted by atomic mass is 16.5. The molecule has 5 heteroatoms. The lowest BCUT2D eigenvalue weighted by molar-refractivity contribution is -0.0345. The molecule has 4 N–H and O–H groups in total. The van der Waals surface area contributed by atoms with Crippen molar-refractivity contribution in [1.82, 2.24) is 0 Å². The Morgan fingerprint density at radius 3 is 1.64 bits per heavy atom. The summed E-state index contributed by atoms with van der Waals surface area (Å²) in [7, 11) is 0. The molecule has 0 aliphatic heterocycles. The van der Waals surface area contributed by atoms with Crippen molar-refractivity contribution < 1.29 is 19.7 Å². The molecule has 0 aromatic heterocycles. The highest BCUT2D eigenvalue weighted by Crippen LogP contribution is 2.04. The third-order valence-corrected chi connectivity index (χ3v) is 2.03. The summed E-state index contributed by atoms with van der Waals surface area (Å²) in [4.78, 5) is 0. The zero-order chi connectivity index (χ0) is 11.0. The van der Waals surface area contributed by atoms with Gasteiger partial charge in [0, 0.05) is 0 Å². The van der Waals surface area contributed by atoms with Gasteiger partial charge in [-0.2, -0.15) is 0 Å². The third kappa shape index (κ3) is 5.51. The Labute approximate surface area is 84.8 Å². The number of ether oxygens (including phenoxy) is 2. The molecule has 0 bridgehead atoms. The molecule has 2 atom stereocenters. The maximum Gasteiger partial charge on any atom is 0.0724 e. The molecule has 0 radical (unpaired) electrons. The zero-order valence-corrected chi connectivity index (χ0v) is 8.85. The Bertz CT molecular complexity index is 120. The van der Waals surface area contributed by atoms with Crippen LogP contribution < -0.4 is 5.73 Å². The first-order valence-electron chi connectivity index (χ1n) is 4.84. The SMILES string of the molecule is CC(OCCO)C(N)C(C)OCCO. The molecule has 0 heterocycles. The summed E-state index contributed by atoms with van der Waals surface area (Å²) in [6, 6.07) is -0.256. The molecule has 0 spiro atoms. The second-order valence-electron chi connectivity index (χ2n) is 3.18. The molecule has 0 saturated heterocycles. The number of hydrogen-bond donors (Lipinski definition) is 3. The second-order valence-corrected chi connectivity index (χ2v) is 3.18. The molecule has 0 aromatic carbocycles. The minimum absolute atomic E-state index is 0.0110. The molecule has 0 rings (SSSR count). The van der Waals surface area contributed by atoms with Crippen LogP contribution in [0, 0.1) is 0 Å². The maximum absolute atomic E-state index is 8.55. The van der Waals surface area contributed by atoms with E-state index in [9.17, 15) is 0 Å². The Hall–Kier alpha value is -0.200. The van der Waals surface area contributed by atoms with Gasteiger partial charge in [-0.3, -0.25) is 0 Å². The minimum Gasteiger partial charge on any atom is -0.394 e. The lowest BCUT2D eigenvalue weighted by atomic mass is 10.1. The summed E-state index contributed by atoms with van der Waals surface area (Å²) in [6.45, 7) is 4.20. The van der Waals surface area contributed by atoms with Gasteiger partial charge in [-0.15, -0.1) is 0 Å². The number of rotatable bonds is 8. The summed E-state index contributed by atoms with van der Waals surface area (Å²) >= 11 is 0. The largest absolute Gasteiger partial charge is 0.394 e. The Kier molecular flexibility index (Phi) is 8.02. The molecule has 14 heavy (non-hydrogen) atoms. The van der Waals surface area contributed by atoms with Crippen molar-refractivity contribution in [3.05, 3.63) is 0 Å². The summed E-state index contributed by atoms with van der Waals surface area (Å²) in [5.74, 6) is 0. The van der Waals surface area contributed by atoms with Gasteiger partial charge in [0.05, 0.1) is 44.7 Å². The molecule has 5 nitrogen and oxygen atoms in total. The van der Waals surface area contributed by atoms with Crippen molar-refractivity contribution in [3.8, 4) is 0 Å². The predicted molar refractivity (Wildman–Crippen MR) is 53.0 cm³/mol. The van der Waals surface area contributed by atoms with Crippen LogP contribution >= 0.6 is 0 Å². The highest BCUT2D eigenvalue weighted by molar-refractivity contribution is 4.76. The van der Waals surface area contributed by atoms with E-state index >= 15 is 0 Å². The van der Waals surface area contributed by atoms with Crippen molar-refractivity contribution in [2.75, 3.05) is 26.4 Å². The maximum atomic E-state index is 8.55. The van der Waals surface area contributed by atoms with E-state index in [2.05, 4.69) is 0 Å². The van der Waals surface area contributed by atoms with Gasteiger partial charge >= 0.3 is 0 Å². The molecule has 2 unspecified atom stereocenters. The lowest BCUT2D eigenvalue weighted by Gasteiger charge is -2.25. The van der Waals surface area contributed by atoms with Crippen molar-refractivity contribution in [3.63, 3.8) is 0 Å². The number of aliphatic hydroxyl groups excluding tert-OH is 2. The fourth-order valence-corrected chi connectivity index (χ4v) is 1.08. The fraction of sp³-hybridized carbons (Fsp3) is 1.00. The minimum atomic E-state index is -0.256. The molecule has 0 aromatic rings. The Balaban J connectivity index is 3.72. The van der Waals surface area contributed by atoms with Gasteiger partial charge in [0.2, 0.25) is 0 Å². The van der Waals surface area contributed by atoms with Crippen LogP contribution in [0.15, 0.2) is 0 Å². The molecule has 0 saturated carbocycles. The summed E-state index contributed by atoms with van der Waals surface area (Å²) in [5.41, 5.74) is 5.83.